The molecule has 0 aliphatic heterocycles. The number of hydrogen-bond acceptors (Lipinski definition) is 4. The summed E-state index contributed by atoms with van der Waals surface area (Å²) in [6.07, 6.45) is 0.821. The summed E-state index contributed by atoms with van der Waals surface area (Å²) in [6, 6.07) is 28.1. The first-order valence-corrected chi connectivity index (χ1v) is 9.96. The van der Waals surface area contributed by atoms with E-state index in [0.29, 0.717) is 17.9 Å². The zero-order valence-corrected chi connectivity index (χ0v) is 16.8. The van der Waals surface area contributed by atoms with Crippen molar-refractivity contribution in [2.45, 2.75) is 19.3 Å². The molecule has 0 atom stereocenters. The first-order chi connectivity index (χ1) is 14.7. The summed E-state index contributed by atoms with van der Waals surface area (Å²) in [7, 11) is 0. The second-order valence-electron chi connectivity index (χ2n) is 7.10. The molecule has 0 aliphatic carbocycles. The molecule has 1 heterocycles. The SMILES string of the molecule is Cc1nnnn1-c1ccc(C(=O)NCCC(c2ccccc2)c2ccccc2)cc1. The Balaban J connectivity index is 1.41. The van der Waals surface area contributed by atoms with Gasteiger partial charge < -0.3 is 5.32 Å². The lowest BCUT2D eigenvalue weighted by atomic mass is 9.88. The number of carbonyl (C=O) groups excluding carboxylic acids is 1. The monoisotopic (exact) mass is 397 g/mol. The molecule has 0 bridgehead atoms. The van der Waals surface area contributed by atoms with Crippen LogP contribution in [0.4, 0.5) is 0 Å². The van der Waals surface area contributed by atoms with Gasteiger partial charge >= 0.3 is 0 Å². The Morgan fingerprint density at radius 1 is 0.900 bits per heavy atom. The van der Waals surface area contributed by atoms with Crippen LogP contribution >= 0.6 is 0 Å². The molecule has 0 saturated heterocycles. The van der Waals surface area contributed by atoms with Crippen LogP contribution < -0.4 is 5.32 Å². The highest BCUT2D eigenvalue weighted by molar-refractivity contribution is 5.94. The molecule has 0 saturated carbocycles. The quantitative estimate of drug-likeness (QED) is 0.513. The molecule has 1 N–H and O–H groups in total. The molecule has 150 valence electrons. The molecule has 4 aromatic rings. The molecule has 0 spiro atoms. The molecule has 6 heteroatoms. The smallest absolute Gasteiger partial charge is 0.251 e. The molecule has 0 aliphatic rings. The second kappa shape index (κ2) is 9.13. The molecule has 0 fully saturated rings. The minimum Gasteiger partial charge on any atom is -0.352 e. The average molecular weight is 397 g/mol. The van der Waals surface area contributed by atoms with Crippen LogP contribution in [0.3, 0.4) is 0 Å². The molecule has 4 rings (SSSR count). The van der Waals surface area contributed by atoms with Crippen LogP contribution in [-0.2, 0) is 0 Å². The minimum absolute atomic E-state index is 0.0881. The van der Waals surface area contributed by atoms with Gasteiger partial charge in [-0.3, -0.25) is 4.79 Å². The van der Waals surface area contributed by atoms with E-state index in [2.05, 4.69) is 69.4 Å². The Labute approximate surface area is 175 Å². The molecular weight excluding hydrogens is 374 g/mol. The lowest BCUT2D eigenvalue weighted by Gasteiger charge is -2.18. The van der Waals surface area contributed by atoms with Gasteiger partial charge in [-0.05, 0) is 59.2 Å². The van der Waals surface area contributed by atoms with Crippen LogP contribution in [0.15, 0.2) is 84.9 Å². The maximum Gasteiger partial charge on any atom is 0.251 e. The van der Waals surface area contributed by atoms with Crippen LogP contribution in [-0.4, -0.2) is 32.7 Å². The summed E-state index contributed by atoms with van der Waals surface area (Å²) in [5.41, 5.74) is 3.93. The van der Waals surface area contributed by atoms with Crippen molar-refractivity contribution in [1.82, 2.24) is 25.5 Å². The third-order valence-electron chi connectivity index (χ3n) is 5.12. The number of rotatable bonds is 7. The van der Waals surface area contributed by atoms with Crippen LogP contribution in [0.5, 0.6) is 0 Å². The second-order valence-corrected chi connectivity index (χ2v) is 7.10. The van der Waals surface area contributed by atoms with Gasteiger partial charge in [-0.25, -0.2) is 0 Å². The number of aryl methyl sites for hydroxylation is 1. The van der Waals surface area contributed by atoms with Crippen LogP contribution in [0, 0.1) is 6.92 Å². The first-order valence-electron chi connectivity index (χ1n) is 9.96. The molecule has 0 unspecified atom stereocenters. The van der Waals surface area contributed by atoms with Gasteiger partial charge in [-0.1, -0.05) is 60.7 Å². The number of amides is 1. The standard InChI is InChI=1S/C24H23N5O/c1-18-26-27-28-29(18)22-14-12-21(13-15-22)24(30)25-17-16-23(19-8-4-2-5-9-19)20-10-6-3-7-11-20/h2-15,23H,16-17H2,1H3,(H,25,30). The van der Waals surface area contributed by atoms with Gasteiger partial charge in [0, 0.05) is 18.0 Å². The van der Waals surface area contributed by atoms with Crippen molar-refractivity contribution in [2.24, 2.45) is 0 Å². The topological polar surface area (TPSA) is 72.7 Å². The molecule has 1 aromatic heterocycles. The van der Waals surface area contributed by atoms with E-state index in [1.54, 1.807) is 16.8 Å². The fourth-order valence-corrected chi connectivity index (χ4v) is 3.55. The minimum atomic E-state index is -0.0881. The van der Waals surface area contributed by atoms with Gasteiger partial charge in [0.1, 0.15) is 0 Å². The summed E-state index contributed by atoms with van der Waals surface area (Å²) in [4.78, 5) is 12.6. The Morgan fingerprint density at radius 2 is 1.50 bits per heavy atom. The predicted octanol–water partition coefficient (Wildman–Crippen LogP) is 3.92. The Morgan fingerprint density at radius 3 is 2.03 bits per heavy atom. The van der Waals surface area contributed by atoms with E-state index in [0.717, 1.165) is 12.1 Å². The van der Waals surface area contributed by atoms with Gasteiger partial charge in [0.05, 0.1) is 5.69 Å². The number of carbonyl (C=O) groups is 1. The summed E-state index contributed by atoms with van der Waals surface area (Å²) in [6.45, 7) is 2.41. The summed E-state index contributed by atoms with van der Waals surface area (Å²) in [5.74, 6) is 0.841. The molecule has 30 heavy (non-hydrogen) atoms. The Kier molecular flexibility index (Phi) is 5.94. The first kappa shape index (κ1) is 19.5. The van der Waals surface area contributed by atoms with E-state index < -0.39 is 0 Å². The van der Waals surface area contributed by atoms with Gasteiger partial charge in [0.2, 0.25) is 0 Å². The van der Waals surface area contributed by atoms with Gasteiger partial charge in [0.15, 0.2) is 5.82 Å². The van der Waals surface area contributed by atoms with Gasteiger partial charge in [0.25, 0.3) is 5.91 Å². The zero-order chi connectivity index (χ0) is 20.8. The van der Waals surface area contributed by atoms with E-state index in [1.807, 2.05) is 31.2 Å². The number of benzene rings is 3. The van der Waals surface area contributed by atoms with Crippen molar-refractivity contribution in [3.8, 4) is 5.69 Å². The van der Waals surface area contributed by atoms with Crippen LogP contribution in [0.25, 0.3) is 5.69 Å². The van der Waals surface area contributed by atoms with Gasteiger partial charge in [-0.15, -0.1) is 5.10 Å². The van der Waals surface area contributed by atoms with Crippen molar-refractivity contribution in [1.29, 1.82) is 0 Å². The predicted molar refractivity (Wildman–Crippen MR) is 116 cm³/mol. The molecule has 0 radical (unpaired) electrons. The lowest BCUT2D eigenvalue weighted by Crippen LogP contribution is -2.25. The van der Waals surface area contributed by atoms with E-state index in [4.69, 9.17) is 0 Å². The summed E-state index contributed by atoms with van der Waals surface area (Å²) < 4.78 is 1.63. The molecule has 3 aromatic carbocycles. The third kappa shape index (κ3) is 4.43. The van der Waals surface area contributed by atoms with E-state index in [1.165, 1.54) is 11.1 Å². The Hall–Kier alpha value is -3.80. The van der Waals surface area contributed by atoms with Crippen molar-refractivity contribution < 1.29 is 4.79 Å². The normalized spacial score (nSPS) is 10.9. The van der Waals surface area contributed by atoms with Crippen molar-refractivity contribution >= 4 is 5.91 Å². The number of tetrazole rings is 1. The van der Waals surface area contributed by atoms with E-state index in [-0.39, 0.29) is 11.8 Å². The fraction of sp³-hybridized carbons (Fsp3) is 0.167. The molecular formula is C24H23N5O. The molecule has 1 amide bonds. The summed E-state index contributed by atoms with van der Waals surface area (Å²) >= 11 is 0. The summed E-state index contributed by atoms with van der Waals surface area (Å²) in [5, 5.41) is 14.5. The molecule has 6 nitrogen and oxygen atoms in total. The van der Waals surface area contributed by atoms with Crippen LogP contribution in [0.1, 0.15) is 39.6 Å². The Bertz CT molecular complexity index is 1050. The maximum atomic E-state index is 12.6. The van der Waals surface area contributed by atoms with Gasteiger partial charge in [-0.2, -0.15) is 4.68 Å². The lowest BCUT2D eigenvalue weighted by molar-refractivity contribution is 0.0953. The van der Waals surface area contributed by atoms with Crippen LogP contribution in [0.2, 0.25) is 0 Å². The largest absolute Gasteiger partial charge is 0.352 e. The van der Waals surface area contributed by atoms with Crippen molar-refractivity contribution in [2.75, 3.05) is 6.54 Å². The fourth-order valence-electron chi connectivity index (χ4n) is 3.55. The number of nitrogens with one attached hydrogen (secondary N) is 1. The number of hydrogen-bond donors (Lipinski definition) is 1. The van der Waals surface area contributed by atoms with Crippen molar-refractivity contribution in [3.63, 3.8) is 0 Å². The highest BCUT2D eigenvalue weighted by Gasteiger charge is 2.14. The third-order valence-corrected chi connectivity index (χ3v) is 5.12. The highest BCUT2D eigenvalue weighted by atomic mass is 16.1. The van der Waals surface area contributed by atoms with E-state index in [9.17, 15) is 4.79 Å². The maximum absolute atomic E-state index is 12.6. The number of aromatic nitrogens is 4. The van der Waals surface area contributed by atoms with Crippen molar-refractivity contribution in [3.05, 3.63) is 107 Å². The zero-order valence-electron chi connectivity index (χ0n) is 16.8. The highest BCUT2D eigenvalue weighted by Crippen LogP contribution is 2.27. The van der Waals surface area contributed by atoms with E-state index >= 15 is 0 Å². The average Bonchev–Trinajstić information content (AvgIpc) is 3.23. The number of nitrogens with zero attached hydrogens (tertiary/aromatic N) is 4.